The molecule has 1 aliphatic heterocycles. The molecule has 0 aliphatic carbocycles. The Kier molecular flexibility index (Phi) is 4.93. The molecule has 1 aromatic rings. The third-order valence-corrected chi connectivity index (χ3v) is 3.54. The highest BCUT2D eigenvalue weighted by Crippen LogP contribution is 2.17. The van der Waals surface area contributed by atoms with Crippen LogP contribution in [-0.2, 0) is 9.59 Å². The first kappa shape index (κ1) is 14.3. The van der Waals surface area contributed by atoms with Crippen LogP contribution in [0.4, 0.5) is 0 Å². The fourth-order valence-corrected chi connectivity index (χ4v) is 2.46. The van der Waals surface area contributed by atoms with Gasteiger partial charge in [0.15, 0.2) is 0 Å². The van der Waals surface area contributed by atoms with E-state index < -0.39 is 12.0 Å². The summed E-state index contributed by atoms with van der Waals surface area (Å²) in [7, 11) is 0. The number of hydrogen-bond acceptors (Lipinski definition) is 2. The average molecular weight is 273 g/mol. The lowest BCUT2D eigenvalue weighted by Gasteiger charge is -2.25. The van der Waals surface area contributed by atoms with Gasteiger partial charge < -0.3 is 10.0 Å². The van der Waals surface area contributed by atoms with Gasteiger partial charge in [-0.25, -0.2) is 4.79 Å². The molecule has 0 saturated carbocycles. The minimum absolute atomic E-state index is 0.219. The summed E-state index contributed by atoms with van der Waals surface area (Å²) in [5.74, 6) is -1.13. The van der Waals surface area contributed by atoms with Crippen LogP contribution in [0.5, 0.6) is 0 Å². The molecule has 1 atom stereocenters. The first-order valence-electron chi connectivity index (χ1n) is 6.95. The summed E-state index contributed by atoms with van der Waals surface area (Å²) in [6, 6.07) is 8.83. The number of likely N-dealkylation sites (tertiary alicyclic amines) is 1. The summed E-state index contributed by atoms with van der Waals surface area (Å²) in [5, 5.41) is 9.25. The second kappa shape index (κ2) is 6.89. The third kappa shape index (κ3) is 3.70. The quantitative estimate of drug-likeness (QED) is 0.861. The van der Waals surface area contributed by atoms with E-state index in [1.807, 2.05) is 30.3 Å². The van der Waals surface area contributed by atoms with E-state index in [4.69, 9.17) is 0 Å². The maximum absolute atomic E-state index is 12.2. The van der Waals surface area contributed by atoms with E-state index in [2.05, 4.69) is 0 Å². The van der Waals surface area contributed by atoms with Crippen LogP contribution in [0.1, 0.15) is 31.2 Å². The number of carbonyl (C=O) groups is 2. The zero-order valence-corrected chi connectivity index (χ0v) is 11.4. The Morgan fingerprint density at radius 3 is 2.60 bits per heavy atom. The molecule has 1 saturated heterocycles. The van der Waals surface area contributed by atoms with Gasteiger partial charge >= 0.3 is 5.97 Å². The van der Waals surface area contributed by atoms with E-state index in [1.54, 1.807) is 6.08 Å². The van der Waals surface area contributed by atoms with E-state index in [9.17, 15) is 14.7 Å². The maximum Gasteiger partial charge on any atom is 0.326 e. The Morgan fingerprint density at radius 1 is 1.15 bits per heavy atom. The molecule has 0 radical (unpaired) electrons. The molecule has 4 heteroatoms. The molecule has 1 unspecified atom stereocenters. The van der Waals surface area contributed by atoms with Gasteiger partial charge in [0.2, 0.25) is 5.91 Å². The molecule has 2 rings (SSSR count). The summed E-state index contributed by atoms with van der Waals surface area (Å²) in [6.07, 6.45) is 6.46. The molecule has 20 heavy (non-hydrogen) atoms. The Labute approximate surface area is 118 Å². The van der Waals surface area contributed by atoms with Crippen molar-refractivity contribution in [3.05, 3.63) is 42.0 Å². The number of benzene rings is 1. The lowest BCUT2D eigenvalue weighted by Crippen LogP contribution is -2.43. The average Bonchev–Trinajstić information content (AvgIpc) is 2.71. The normalized spacial score (nSPS) is 19.8. The van der Waals surface area contributed by atoms with Gasteiger partial charge in [-0.1, -0.05) is 43.2 Å². The summed E-state index contributed by atoms with van der Waals surface area (Å²) in [6.45, 7) is 0.523. The fourth-order valence-electron chi connectivity index (χ4n) is 2.46. The van der Waals surface area contributed by atoms with Crippen LogP contribution in [0.15, 0.2) is 36.4 Å². The Morgan fingerprint density at radius 2 is 1.90 bits per heavy atom. The van der Waals surface area contributed by atoms with E-state index in [0.29, 0.717) is 13.0 Å². The first-order chi connectivity index (χ1) is 9.68. The van der Waals surface area contributed by atoms with Crippen molar-refractivity contribution in [3.8, 4) is 0 Å². The molecule has 0 bridgehead atoms. The van der Waals surface area contributed by atoms with Gasteiger partial charge in [0.25, 0.3) is 0 Å². The van der Waals surface area contributed by atoms with Crippen molar-refractivity contribution >= 4 is 18.0 Å². The van der Waals surface area contributed by atoms with Crippen LogP contribution >= 0.6 is 0 Å². The van der Waals surface area contributed by atoms with E-state index in [1.165, 1.54) is 11.0 Å². The van der Waals surface area contributed by atoms with E-state index in [-0.39, 0.29) is 5.91 Å². The van der Waals surface area contributed by atoms with E-state index in [0.717, 1.165) is 24.8 Å². The van der Waals surface area contributed by atoms with Crippen LogP contribution in [-0.4, -0.2) is 34.5 Å². The standard InChI is InChI=1S/C16H19NO3/c18-15(11-10-13-7-3-1-4-8-13)17-12-6-2-5-9-14(17)16(19)20/h1,3-4,7-8,10-11,14H,2,5-6,9,12H2,(H,19,20). The Hall–Kier alpha value is -2.10. The van der Waals surface area contributed by atoms with Gasteiger partial charge in [0.05, 0.1) is 0 Å². The zero-order valence-electron chi connectivity index (χ0n) is 11.4. The number of carbonyl (C=O) groups excluding carboxylic acids is 1. The summed E-state index contributed by atoms with van der Waals surface area (Å²) in [5.41, 5.74) is 0.933. The van der Waals surface area contributed by atoms with Crippen LogP contribution in [0.25, 0.3) is 6.08 Å². The van der Waals surface area contributed by atoms with E-state index >= 15 is 0 Å². The number of amides is 1. The van der Waals surface area contributed by atoms with Crippen molar-refractivity contribution in [2.75, 3.05) is 6.54 Å². The molecule has 1 heterocycles. The molecule has 1 aromatic carbocycles. The first-order valence-corrected chi connectivity index (χ1v) is 6.95. The number of rotatable bonds is 3. The van der Waals surface area contributed by atoms with Crippen LogP contribution in [0.2, 0.25) is 0 Å². The molecule has 4 nitrogen and oxygen atoms in total. The highest BCUT2D eigenvalue weighted by molar-refractivity contribution is 5.94. The van der Waals surface area contributed by atoms with Crippen molar-refractivity contribution in [2.45, 2.75) is 31.7 Å². The zero-order chi connectivity index (χ0) is 14.4. The topological polar surface area (TPSA) is 57.6 Å². The molecule has 1 fully saturated rings. The van der Waals surface area contributed by atoms with Crippen molar-refractivity contribution in [3.63, 3.8) is 0 Å². The fraction of sp³-hybridized carbons (Fsp3) is 0.375. The molecular formula is C16H19NO3. The summed E-state index contributed by atoms with van der Waals surface area (Å²) < 4.78 is 0. The molecule has 1 N–H and O–H groups in total. The predicted molar refractivity (Wildman–Crippen MR) is 77.1 cm³/mol. The largest absolute Gasteiger partial charge is 0.480 e. The minimum Gasteiger partial charge on any atom is -0.480 e. The van der Waals surface area contributed by atoms with Gasteiger partial charge in [0.1, 0.15) is 6.04 Å². The molecular weight excluding hydrogens is 254 g/mol. The van der Waals surface area contributed by atoms with Gasteiger partial charge in [-0.05, 0) is 24.5 Å². The Bertz CT molecular complexity index is 496. The number of nitrogens with zero attached hydrogens (tertiary/aromatic N) is 1. The minimum atomic E-state index is -0.909. The van der Waals surface area contributed by atoms with Crippen molar-refractivity contribution < 1.29 is 14.7 Å². The van der Waals surface area contributed by atoms with Crippen LogP contribution < -0.4 is 0 Å². The monoisotopic (exact) mass is 273 g/mol. The SMILES string of the molecule is O=C(O)C1CCCCCN1C(=O)C=Cc1ccccc1. The Balaban J connectivity index is 2.09. The van der Waals surface area contributed by atoms with Crippen molar-refractivity contribution in [2.24, 2.45) is 0 Å². The maximum atomic E-state index is 12.2. The lowest BCUT2D eigenvalue weighted by atomic mass is 10.1. The molecule has 106 valence electrons. The van der Waals surface area contributed by atoms with Gasteiger partial charge in [-0.2, -0.15) is 0 Å². The summed E-state index contributed by atoms with van der Waals surface area (Å²) >= 11 is 0. The predicted octanol–water partition coefficient (Wildman–Crippen LogP) is 2.56. The lowest BCUT2D eigenvalue weighted by molar-refractivity contribution is -0.148. The highest BCUT2D eigenvalue weighted by Gasteiger charge is 2.29. The van der Waals surface area contributed by atoms with Crippen molar-refractivity contribution in [1.29, 1.82) is 0 Å². The third-order valence-electron chi connectivity index (χ3n) is 3.54. The summed E-state index contributed by atoms with van der Waals surface area (Å²) in [4.78, 5) is 25.0. The second-order valence-electron chi connectivity index (χ2n) is 4.98. The molecule has 0 aromatic heterocycles. The number of hydrogen-bond donors (Lipinski definition) is 1. The smallest absolute Gasteiger partial charge is 0.326 e. The van der Waals surface area contributed by atoms with Gasteiger partial charge in [-0.3, -0.25) is 4.79 Å². The highest BCUT2D eigenvalue weighted by atomic mass is 16.4. The van der Waals surface area contributed by atoms with Crippen LogP contribution in [0.3, 0.4) is 0 Å². The second-order valence-corrected chi connectivity index (χ2v) is 4.98. The van der Waals surface area contributed by atoms with Crippen molar-refractivity contribution in [1.82, 2.24) is 4.90 Å². The number of carboxylic acid groups (broad SMARTS) is 1. The number of carboxylic acids is 1. The molecule has 0 spiro atoms. The number of aliphatic carboxylic acids is 1. The van der Waals surface area contributed by atoms with Crippen LogP contribution in [0, 0.1) is 0 Å². The van der Waals surface area contributed by atoms with Gasteiger partial charge in [0, 0.05) is 12.6 Å². The van der Waals surface area contributed by atoms with Gasteiger partial charge in [-0.15, -0.1) is 0 Å². The molecule has 1 amide bonds. The molecule has 1 aliphatic rings.